The molecule has 3 aromatic rings. The van der Waals surface area contributed by atoms with E-state index < -0.39 is 0 Å². The molecular formula is C15H13ClN4O. The zero-order chi connectivity index (χ0) is 15.0. The van der Waals surface area contributed by atoms with Gasteiger partial charge in [-0.2, -0.15) is 0 Å². The summed E-state index contributed by atoms with van der Waals surface area (Å²) in [4.78, 5) is 19.1. The number of H-pyrrole nitrogens is 1. The number of hydrogen-bond acceptors (Lipinski definition) is 4. The Morgan fingerprint density at radius 1 is 1.24 bits per heavy atom. The molecule has 2 aromatic carbocycles. The second kappa shape index (κ2) is 5.10. The Kier molecular flexibility index (Phi) is 3.27. The van der Waals surface area contributed by atoms with Crippen molar-refractivity contribution in [3.05, 3.63) is 57.3 Å². The lowest BCUT2D eigenvalue weighted by Gasteiger charge is -2.08. The number of aromatic nitrogens is 2. The first-order valence-electron chi connectivity index (χ1n) is 6.36. The minimum atomic E-state index is -0.243. The Morgan fingerprint density at radius 2 is 2.05 bits per heavy atom. The smallest absolute Gasteiger partial charge is 0.260 e. The summed E-state index contributed by atoms with van der Waals surface area (Å²) in [6.07, 6.45) is 0. The zero-order valence-electron chi connectivity index (χ0n) is 11.3. The van der Waals surface area contributed by atoms with Crippen molar-refractivity contribution >= 4 is 39.8 Å². The number of nitrogen functional groups attached to an aromatic ring is 1. The maximum atomic E-state index is 12.0. The third-order valence-electron chi connectivity index (χ3n) is 3.16. The number of fused-ring (bicyclic) bond motifs is 1. The highest BCUT2D eigenvalue weighted by molar-refractivity contribution is 6.31. The van der Waals surface area contributed by atoms with Crippen LogP contribution in [0.2, 0.25) is 5.02 Å². The molecule has 0 aliphatic rings. The van der Waals surface area contributed by atoms with E-state index >= 15 is 0 Å². The van der Waals surface area contributed by atoms with Crippen molar-refractivity contribution in [2.75, 3.05) is 11.1 Å². The molecule has 1 aromatic heterocycles. The SMILES string of the molecule is Cc1ccc(Nc2nc3ccc(N)cc3c(=O)[nH]2)cc1Cl. The quantitative estimate of drug-likeness (QED) is 0.635. The predicted octanol–water partition coefficient (Wildman–Crippen LogP) is 3.21. The van der Waals surface area contributed by atoms with Crippen molar-refractivity contribution in [1.29, 1.82) is 0 Å². The lowest BCUT2D eigenvalue weighted by molar-refractivity contribution is 1.17. The van der Waals surface area contributed by atoms with Gasteiger partial charge in [-0.15, -0.1) is 0 Å². The van der Waals surface area contributed by atoms with Crippen LogP contribution < -0.4 is 16.6 Å². The normalized spacial score (nSPS) is 10.8. The average molecular weight is 301 g/mol. The highest BCUT2D eigenvalue weighted by Gasteiger charge is 2.05. The van der Waals surface area contributed by atoms with E-state index in [9.17, 15) is 4.79 Å². The van der Waals surface area contributed by atoms with E-state index in [2.05, 4.69) is 15.3 Å². The predicted molar refractivity (Wildman–Crippen MR) is 86.2 cm³/mol. The molecular weight excluding hydrogens is 288 g/mol. The summed E-state index contributed by atoms with van der Waals surface area (Å²) in [5, 5.41) is 4.15. The Labute approximate surface area is 125 Å². The van der Waals surface area contributed by atoms with Gasteiger partial charge in [-0.25, -0.2) is 4.98 Å². The van der Waals surface area contributed by atoms with Crippen molar-refractivity contribution in [2.24, 2.45) is 0 Å². The van der Waals surface area contributed by atoms with Gasteiger partial charge in [0.05, 0.1) is 10.9 Å². The van der Waals surface area contributed by atoms with E-state index in [-0.39, 0.29) is 5.56 Å². The molecule has 0 saturated heterocycles. The van der Waals surface area contributed by atoms with Gasteiger partial charge in [-0.1, -0.05) is 17.7 Å². The Hall–Kier alpha value is -2.53. The highest BCUT2D eigenvalue weighted by Crippen LogP contribution is 2.22. The summed E-state index contributed by atoms with van der Waals surface area (Å²) < 4.78 is 0. The first kappa shape index (κ1) is 13.5. The van der Waals surface area contributed by atoms with E-state index in [4.69, 9.17) is 17.3 Å². The van der Waals surface area contributed by atoms with E-state index in [1.54, 1.807) is 24.3 Å². The monoisotopic (exact) mass is 300 g/mol. The molecule has 0 unspecified atom stereocenters. The van der Waals surface area contributed by atoms with Gasteiger partial charge in [0.1, 0.15) is 0 Å². The second-order valence-corrected chi connectivity index (χ2v) is 5.19. The summed E-state index contributed by atoms with van der Waals surface area (Å²) in [6, 6.07) is 10.6. The van der Waals surface area contributed by atoms with Crippen LogP contribution in [0.5, 0.6) is 0 Å². The summed E-state index contributed by atoms with van der Waals surface area (Å²) in [5.74, 6) is 0.359. The minimum Gasteiger partial charge on any atom is -0.399 e. The number of aryl methyl sites for hydroxylation is 1. The second-order valence-electron chi connectivity index (χ2n) is 4.78. The number of nitrogens with one attached hydrogen (secondary N) is 2. The number of halogens is 1. The van der Waals surface area contributed by atoms with Gasteiger partial charge in [-0.05, 0) is 42.8 Å². The van der Waals surface area contributed by atoms with Crippen molar-refractivity contribution < 1.29 is 0 Å². The number of benzene rings is 2. The molecule has 0 saturated carbocycles. The molecule has 0 bridgehead atoms. The first-order valence-corrected chi connectivity index (χ1v) is 6.73. The lowest BCUT2D eigenvalue weighted by atomic mass is 10.2. The zero-order valence-corrected chi connectivity index (χ0v) is 12.0. The number of nitrogens with zero attached hydrogens (tertiary/aromatic N) is 1. The third-order valence-corrected chi connectivity index (χ3v) is 3.57. The van der Waals surface area contributed by atoms with Gasteiger partial charge >= 0.3 is 0 Å². The molecule has 0 fully saturated rings. The third kappa shape index (κ3) is 2.68. The largest absolute Gasteiger partial charge is 0.399 e. The standard InChI is InChI=1S/C15H13ClN4O/c1-8-2-4-10(7-12(8)16)18-15-19-13-5-3-9(17)6-11(13)14(21)20-15/h2-7H,17H2,1H3,(H2,18,19,20,21). The minimum absolute atomic E-state index is 0.243. The van der Waals surface area contributed by atoms with Crippen molar-refractivity contribution in [1.82, 2.24) is 9.97 Å². The van der Waals surface area contributed by atoms with E-state index in [0.29, 0.717) is 27.6 Å². The summed E-state index contributed by atoms with van der Waals surface area (Å²) in [6.45, 7) is 1.92. The molecule has 106 valence electrons. The molecule has 0 amide bonds. The molecule has 21 heavy (non-hydrogen) atoms. The Balaban J connectivity index is 2.03. The topological polar surface area (TPSA) is 83.8 Å². The fourth-order valence-corrected chi connectivity index (χ4v) is 2.20. The van der Waals surface area contributed by atoms with Crippen LogP contribution in [0.25, 0.3) is 10.9 Å². The van der Waals surface area contributed by atoms with Gasteiger partial charge in [0.25, 0.3) is 5.56 Å². The molecule has 0 atom stereocenters. The molecule has 0 aliphatic heterocycles. The van der Waals surface area contributed by atoms with Crippen LogP contribution in [0.4, 0.5) is 17.3 Å². The van der Waals surface area contributed by atoms with E-state index in [1.165, 1.54) is 0 Å². The summed E-state index contributed by atoms with van der Waals surface area (Å²) >= 11 is 6.08. The van der Waals surface area contributed by atoms with Crippen LogP contribution >= 0.6 is 11.6 Å². The van der Waals surface area contributed by atoms with Crippen LogP contribution in [0.3, 0.4) is 0 Å². The van der Waals surface area contributed by atoms with Crippen LogP contribution in [0, 0.1) is 6.92 Å². The number of anilines is 3. The summed E-state index contributed by atoms with van der Waals surface area (Å²) in [5.41, 5.74) is 8.27. The number of rotatable bonds is 2. The van der Waals surface area contributed by atoms with Crippen LogP contribution in [-0.4, -0.2) is 9.97 Å². The van der Waals surface area contributed by atoms with Crippen molar-refractivity contribution in [3.63, 3.8) is 0 Å². The molecule has 4 N–H and O–H groups in total. The molecule has 0 aliphatic carbocycles. The van der Waals surface area contributed by atoms with E-state index in [0.717, 1.165) is 11.3 Å². The lowest BCUT2D eigenvalue weighted by Crippen LogP contribution is -2.11. The van der Waals surface area contributed by atoms with Crippen LogP contribution in [0.1, 0.15) is 5.56 Å². The fourth-order valence-electron chi connectivity index (χ4n) is 2.02. The molecule has 6 heteroatoms. The van der Waals surface area contributed by atoms with Crippen LogP contribution in [0.15, 0.2) is 41.2 Å². The van der Waals surface area contributed by atoms with Crippen molar-refractivity contribution in [2.45, 2.75) is 6.92 Å². The first-order chi connectivity index (χ1) is 10.0. The molecule has 3 rings (SSSR count). The molecule has 0 spiro atoms. The van der Waals surface area contributed by atoms with Crippen LogP contribution in [-0.2, 0) is 0 Å². The van der Waals surface area contributed by atoms with Gasteiger partial charge in [-0.3, -0.25) is 9.78 Å². The number of aromatic amines is 1. The Morgan fingerprint density at radius 3 is 2.81 bits per heavy atom. The summed E-state index contributed by atoms with van der Waals surface area (Å²) in [7, 11) is 0. The number of nitrogens with two attached hydrogens (primary N) is 1. The number of hydrogen-bond donors (Lipinski definition) is 3. The van der Waals surface area contributed by atoms with Gasteiger partial charge in [0.15, 0.2) is 0 Å². The maximum Gasteiger partial charge on any atom is 0.260 e. The fraction of sp³-hybridized carbons (Fsp3) is 0.0667. The maximum absolute atomic E-state index is 12.0. The van der Waals surface area contributed by atoms with Gasteiger partial charge < -0.3 is 11.1 Å². The molecule has 0 radical (unpaired) electrons. The van der Waals surface area contributed by atoms with Gasteiger partial charge in [0.2, 0.25) is 5.95 Å². The molecule has 5 nitrogen and oxygen atoms in total. The van der Waals surface area contributed by atoms with Gasteiger partial charge in [0, 0.05) is 16.4 Å². The van der Waals surface area contributed by atoms with Crippen molar-refractivity contribution in [3.8, 4) is 0 Å². The Bertz CT molecular complexity index is 888. The average Bonchev–Trinajstić information content (AvgIpc) is 2.44. The molecule has 1 heterocycles. The highest BCUT2D eigenvalue weighted by atomic mass is 35.5. The van der Waals surface area contributed by atoms with E-state index in [1.807, 2.05) is 19.1 Å².